The molecule has 0 radical (unpaired) electrons. The van der Waals surface area contributed by atoms with Crippen LogP contribution in [0, 0.1) is 12.7 Å². The Balaban J connectivity index is 2.37. The number of benzene rings is 2. The van der Waals surface area contributed by atoms with Gasteiger partial charge in [-0.15, -0.1) is 0 Å². The summed E-state index contributed by atoms with van der Waals surface area (Å²) in [6, 6.07) is 7.83. The third-order valence-corrected chi connectivity index (χ3v) is 3.11. The molecule has 5 heteroatoms. The molecule has 0 saturated heterocycles. The van der Waals surface area contributed by atoms with Crippen molar-refractivity contribution in [3.8, 4) is 0 Å². The Morgan fingerprint density at radius 2 is 1.83 bits per heavy atom. The van der Waals surface area contributed by atoms with Crippen molar-refractivity contribution in [2.75, 3.05) is 11.1 Å². The van der Waals surface area contributed by atoms with E-state index in [9.17, 15) is 4.39 Å². The van der Waals surface area contributed by atoms with E-state index >= 15 is 0 Å². The second-order valence-electron chi connectivity index (χ2n) is 3.94. The van der Waals surface area contributed by atoms with Gasteiger partial charge in [-0.1, -0.05) is 23.2 Å². The molecular formula is C13H11Cl2FN2. The van der Waals surface area contributed by atoms with E-state index < -0.39 is 5.82 Å². The molecule has 94 valence electrons. The van der Waals surface area contributed by atoms with Gasteiger partial charge in [0.15, 0.2) is 0 Å². The molecule has 0 spiro atoms. The molecule has 0 aliphatic rings. The van der Waals surface area contributed by atoms with Crippen LogP contribution in [-0.2, 0) is 0 Å². The molecule has 2 aromatic rings. The molecule has 0 unspecified atom stereocenters. The molecular weight excluding hydrogens is 274 g/mol. The van der Waals surface area contributed by atoms with Crippen molar-refractivity contribution in [2.24, 2.45) is 0 Å². The predicted molar refractivity (Wildman–Crippen MR) is 75.3 cm³/mol. The van der Waals surface area contributed by atoms with Gasteiger partial charge in [0.1, 0.15) is 5.82 Å². The van der Waals surface area contributed by atoms with Gasteiger partial charge >= 0.3 is 0 Å². The minimum Gasteiger partial charge on any atom is -0.398 e. The zero-order valence-electron chi connectivity index (χ0n) is 9.60. The van der Waals surface area contributed by atoms with Crippen molar-refractivity contribution in [2.45, 2.75) is 6.92 Å². The Hall–Kier alpha value is -1.45. The van der Waals surface area contributed by atoms with Gasteiger partial charge in [-0.25, -0.2) is 4.39 Å². The summed E-state index contributed by atoms with van der Waals surface area (Å²) < 4.78 is 13.6. The number of nitrogen functional groups attached to an aromatic ring is 1. The molecule has 0 heterocycles. The Bertz CT molecular complexity index is 600. The highest BCUT2D eigenvalue weighted by molar-refractivity contribution is 6.33. The minimum atomic E-state index is -0.421. The van der Waals surface area contributed by atoms with E-state index in [1.165, 1.54) is 6.07 Å². The highest BCUT2D eigenvalue weighted by atomic mass is 35.5. The first kappa shape index (κ1) is 13.0. The highest BCUT2D eigenvalue weighted by Crippen LogP contribution is 2.30. The molecule has 0 saturated carbocycles. The standard InChI is InChI=1S/C13H11Cl2FN2/c1-7-4-11(17)9(15)6-13(7)18-12-3-2-8(14)5-10(12)16/h2-6,18H,17H2,1H3. The molecule has 18 heavy (non-hydrogen) atoms. The minimum absolute atomic E-state index is 0.336. The van der Waals surface area contributed by atoms with Gasteiger partial charge in [0.25, 0.3) is 0 Å². The molecule has 0 aliphatic heterocycles. The van der Waals surface area contributed by atoms with Crippen LogP contribution < -0.4 is 11.1 Å². The molecule has 0 aliphatic carbocycles. The van der Waals surface area contributed by atoms with Crippen LogP contribution in [0.5, 0.6) is 0 Å². The lowest BCUT2D eigenvalue weighted by Crippen LogP contribution is -1.97. The predicted octanol–water partition coefficient (Wildman–Crippen LogP) is 4.77. The first-order chi connectivity index (χ1) is 8.47. The molecule has 2 aromatic carbocycles. The number of aryl methyl sites for hydroxylation is 1. The van der Waals surface area contributed by atoms with Gasteiger partial charge in [0, 0.05) is 10.7 Å². The smallest absolute Gasteiger partial charge is 0.148 e. The van der Waals surface area contributed by atoms with Gasteiger partial charge in [-0.3, -0.25) is 0 Å². The lowest BCUT2D eigenvalue weighted by molar-refractivity contribution is 0.632. The van der Waals surface area contributed by atoms with Crippen LogP contribution in [0.4, 0.5) is 21.5 Å². The summed E-state index contributed by atoms with van der Waals surface area (Å²) in [5, 5.41) is 3.74. The Morgan fingerprint density at radius 1 is 1.11 bits per heavy atom. The van der Waals surface area contributed by atoms with Crippen molar-refractivity contribution < 1.29 is 4.39 Å². The fraction of sp³-hybridized carbons (Fsp3) is 0.0769. The van der Waals surface area contributed by atoms with Crippen molar-refractivity contribution in [3.63, 3.8) is 0 Å². The summed E-state index contributed by atoms with van der Waals surface area (Å²) >= 11 is 11.6. The van der Waals surface area contributed by atoms with Gasteiger partial charge < -0.3 is 11.1 Å². The Morgan fingerprint density at radius 3 is 2.50 bits per heavy atom. The van der Waals surface area contributed by atoms with Gasteiger partial charge in [0.2, 0.25) is 0 Å². The van der Waals surface area contributed by atoms with E-state index in [1.54, 1.807) is 24.3 Å². The van der Waals surface area contributed by atoms with Crippen molar-refractivity contribution >= 4 is 40.3 Å². The molecule has 2 rings (SSSR count). The van der Waals surface area contributed by atoms with Crippen molar-refractivity contribution in [1.29, 1.82) is 0 Å². The van der Waals surface area contributed by atoms with Crippen LogP contribution in [-0.4, -0.2) is 0 Å². The number of hydrogen-bond donors (Lipinski definition) is 2. The van der Waals surface area contributed by atoms with E-state index in [4.69, 9.17) is 28.9 Å². The monoisotopic (exact) mass is 284 g/mol. The zero-order chi connectivity index (χ0) is 13.3. The van der Waals surface area contributed by atoms with E-state index in [2.05, 4.69) is 5.32 Å². The van der Waals surface area contributed by atoms with E-state index in [0.29, 0.717) is 27.1 Å². The molecule has 2 nitrogen and oxygen atoms in total. The average Bonchev–Trinajstić information content (AvgIpc) is 2.29. The molecule has 0 bridgehead atoms. The van der Waals surface area contributed by atoms with Crippen LogP contribution >= 0.6 is 23.2 Å². The first-order valence-electron chi connectivity index (χ1n) is 5.25. The number of nitrogens with one attached hydrogen (secondary N) is 1. The summed E-state index contributed by atoms with van der Waals surface area (Å²) in [6.45, 7) is 1.86. The van der Waals surface area contributed by atoms with Crippen LogP contribution in [0.1, 0.15) is 5.56 Å². The third-order valence-electron chi connectivity index (χ3n) is 2.54. The topological polar surface area (TPSA) is 38.0 Å². The Labute approximate surface area is 115 Å². The third kappa shape index (κ3) is 2.68. The maximum atomic E-state index is 13.6. The average molecular weight is 285 g/mol. The van der Waals surface area contributed by atoms with Crippen molar-refractivity contribution in [3.05, 3.63) is 51.8 Å². The lowest BCUT2D eigenvalue weighted by Gasteiger charge is -2.12. The lowest BCUT2D eigenvalue weighted by atomic mass is 10.1. The number of nitrogens with two attached hydrogens (primary N) is 1. The molecule has 0 fully saturated rings. The summed E-state index contributed by atoms with van der Waals surface area (Å²) in [7, 11) is 0. The maximum absolute atomic E-state index is 13.6. The summed E-state index contributed by atoms with van der Waals surface area (Å²) in [5.41, 5.74) is 8.10. The number of anilines is 3. The second-order valence-corrected chi connectivity index (χ2v) is 4.78. The number of rotatable bonds is 2. The SMILES string of the molecule is Cc1cc(N)c(Cl)cc1Nc1ccc(Cl)cc1F. The largest absolute Gasteiger partial charge is 0.398 e. The van der Waals surface area contributed by atoms with Crippen LogP contribution in [0.3, 0.4) is 0 Å². The van der Waals surface area contributed by atoms with E-state index in [1.807, 2.05) is 6.92 Å². The zero-order valence-corrected chi connectivity index (χ0v) is 11.1. The molecule has 0 amide bonds. The summed E-state index contributed by atoms with van der Waals surface area (Å²) in [4.78, 5) is 0. The highest BCUT2D eigenvalue weighted by Gasteiger charge is 2.07. The molecule has 3 N–H and O–H groups in total. The summed E-state index contributed by atoms with van der Waals surface area (Å²) in [6.07, 6.45) is 0. The van der Waals surface area contributed by atoms with Crippen LogP contribution in [0.15, 0.2) is 30.3 Å². The first-order valence-corrected chi connectivity index (χ1v) is 6.00. The second kappa shape index (κ2) is 5.04. The number of hydrogen-bond acceptors (Lipinski definition) is 2. The number of halogens is 3. The molecule has 0 aromatic heterocycles. The quantitative estimate of drug-likeness (QED) is 0.780. The van der Waals surface area contributed by atoms with Gasteiger partial charge in [0.05, 0.1) is 16.4 Å². The summed E-state index contributed by atoms with van der Waals surface area (Å²) in [5.74, 6) is -0.421. The fourth-order valence-corrected chi connectivity index (χ4v) is 1.90. The normalized spacial score (nSPS) is 10.4. The fourth-order valence-electron chi connectivity index (χ4n) is 1.57. The van der Waals surface area contributed by atoms with Crippen molar-refractivity contribution in [1.82, 2.24) is 0 Å². The van der Waals surface area contributed by atoms with Crippen LogP contribution in [0.2, 0.25) is 10.0 Å². The van der Waals surface area contributed by atoms with E-state index in [-0.39, 0.29) is 0 Å². The van der Waals surface area contributed by atoms with E-state index in [0.717, 1.165) is 5.56 Å². The van der Waals surface area contributed by atoms with Gasteiger partial charge in [-0.05, 0) is 42.8 Å². The Kier molecular flexibility index (Phi) is 3.64. The molecule has 0 atom stereocenters. The van der Waals surface area contributed by atoms with Crippen LogP contribution in [0.25, 0.3) is 0 Å². The van der Waals surface area contributed by atoms with Gasteiger partial charge in [-0.2, -0.15) is 0 Å². The maximum Gasteiger partial charge on any atom is 0.148 e.